The van der Waals surface area contributed by atoms with Gasteiger partial charge in [0.1, 0.15) is 5.75 Å². The molecule has 0 aliphatic rings. The Morgan fingerprint density at radius 3 is 2.85 bits per heavy atom. The summed E-state index contributed by atoms with van der Waals surface area (Å²) in [6.45, 7) is 4.52. The van der Waals surface area contributed by atoms with Crippen LogP contribution >= 0.6 is 0 Å². The molecule has 1 aromatic carbocycles. The molecule has 0 atom stereocenters. The van der Waals surface area contributed by atoms with Gasteiger partial charge in [0.15, 0.2) is 0 Å². The lowest BCUT2D eigenvalue weighted by molar-refractivity contribution is 0.307. The van der Waals surface area contributed by atoms with Crippen molar-refractivity contribution in [2.75, 3.05) is 12.3 Å². The highest BCUT2D eigenvalue weighted by atomic mass is 16.5. The van der Waals surface area contributed by atoms with E-state index in [2.05, 4.69) is 6.92 Å². The van der Waals surface area contributed by atoms with E-state index in [9.17, 15) is 0 Å². The van der Waals surface area contributed by atoms with E-state index < -0.39 is 0 Å². The summed E-state index contributed by atoms with van der Waals surface area (Å²) in [6.07, 6.45) is 3.14. The predicted molar refractivity (Wildman–Crippen MR) is 55.6 cm³/mol. The number of nitrogen functional groups attached to an aromatic ring is 1. The van der Waals surface area contributed by atoms with Crippen molar-refractivity contribution >= 4 is 5.69 Å². The van der Waals surface area contributed by atoms with Crippen molar-refractivity contribution in [3.05, 3.63) is 31.2 Å². The van der Waals surface area contributed by atoms with Crippen molar-refractivity contribution in [3.63, 3.8) is 0 Å². The van der Waals surface area contributed by atoms with E-state index in [1.807, 2.05) is 24.3 Å². The van der Waals surface area contributed by atoms with Gasteiger partial charge in [-0.05, 0) is 18.6 Å². The van der Waals surface area contributed by atoms with Crippen molar-refractivity contribution in [2.45, 2.75) is 19.3 Å². The van der Waals surface area contributed by atoms with Gasteiger partial charge in [0.05, 0.1) is 6.61 Å². The first-order chi connectivity index (χ1) is 6.33. The Hall–Kier alpha value is -1.18. The third-order valence-corrected chi connectivity index (χ3v) is 1.77. The number of benzene rings is 1. The molecule has 0 saturated heterocycles. The van der Waals surface area contributed by atoms with Crippen LogP contribution in [0.5, 0.6) is 5.75 Å². The van der Waals surface area contributed by atoms with Crippen molar-refractivity contribution < 1.29 is 4.74 Å². The Morgan fingerprint density at radius 2 is 2.15 bits per heavy atom. The first-order valence-corrected chi connectivity index (χ1v) is 4.60. The maximum absolute atomic E-state index is 5.60. The molecule has 0 aliphatic heterocycles. The number of nitrogens with two attached hydrogens (primary N) is 1. The van der Waals surface area contributed by atoms with Gasteiger partial charge in [0.2, 0.25) is 0 Å². The van der Waals surface area contributed by atoms with Crippen LogP contribution in [0.1, 0.15) is 19.3 Å². The second kappa shape index (κ2) is 5.46. The van der Waals surface area contributed by atoms with Crippen molar-refractivity contribution in [2.24, 2.45) is 0 Å². The van der Waals surface area contributed by atoms with E-state index >= 15 is 0 Å². The Morgan fingerprint density at radius 1 is 1.31 bits per heavy atom. The third-order valence-electron chi connectivity index (χ3n) is 1.77. The van der Waals surface area contributed by atoms with Gasteiger partial charge in [-0.15, -0.1) is 0 Å². The van der Waals surface area contributed by atoms with E-state index in [1.54, 1.807) is 0 Å². The summed E-state index contributed by atoms with van der Waals surface area (Å²) in [5.74, 6) is 0.851. The SMILES string of the molecule is [CH2]CCCCOc1cccc(N)c1. The van der Waals surface area contributed by atoms with Crippen LogP contribution in [0.3, 0.4) is 0 Å². The molecule has 0 spiro atoms. The zero-order valence-corrected chi connectivity index (χ0v) is 7.83. The minimum Gasteiger partial charge on any atom is -0.494 e. The summed E-state index contributed by atoms with van der Waals surface area (Å²) in [6, 6.07) is 7.50. The molecule has 2 N–H and O–H groups in total. The van der Waals surface area contributed by atoms with Crippen LogP contribution in [0.25, 0.3) is 0 Å². The summed E-state index contributed by atoms with van der Waals surface area (Å²) in [7, 11) is 0. The minimum atomic E-state index is 0.745. The Kier molecular flexibility index (Phi) is 4.16. The number of unbranched alkanes of at least 4 members (excludes halogenated alkanes) is 2. The van der Waals surface area contributed by atoms with Crippen LogP contribution in [0.2, 0.25) is 0 Å². The summed E-state index contributed by atoms with van der Waals surface area (Å²) >= 11 is 0. The van der Waals surface area contributed by atoms with Gasteiger partial charge in [-0.25, -0.2) is 0 Å². The lowest BCUT2D eigenvalue weighted by atomic mass is 10.2. The lowest BCUT2D eigenvalue weighted by Gasteiger charge is -2.05. The highest BCUT2D eigenvalue weighted by Crippen LogP contribution is 2.14. The highest BCUT2D eigenvalue weighted by Gasteiger charge is 1.93. The maximum atomic E-state index is 5.60. The molecule has 0 amide bonds. The van der Waals surface area contributed by atoms with Crippen molar-refractivity contribution in [3.8, 4) is 5.75 Å². The molecule has 0 fully saturated rings. The summed E-state index contributed by atoms with van der Waals surface area (Å²) < 4.78 is 5.48. The van der Waals surface area contributed by atoms with Gasteiger partial charge in [0.25, 0.3) is 0 Å². The van der Waals surface area contributed by atoms with E-state index in [0.29, 0.717) is 0 Å². The summed E-state index contributed by atoms with van der Waals surface area (Å²) in [5, 5.41) is 0. The molecule has 0 aliphatic carbocycles. The summed E-state index contributed by atoms with van der Waals surface area (Å²) in [5.41, 5.74) is 6.34. The van der Waals surface area contributed by atoms with Crippen LogP contribution in [-0.4, -0.2) is 6.61 Å². The van der Waals surface area contributed by atoms with Gasteiger partial charge in [0, 0.05) is 11.8 Å². The zero-order chi connectivity index (χ0) is 9.52. The second-order valence-electron chi connectivity index (χ2n) is 2.98. The van der Waals surface area contributed by atoms with Crippen molar-refractivity contribution in [1.82, 2.24) is 0 Å². The fourth-order valence-electron chi connectivity index (χ4n) is 1.07. The maximum Gasteiger partial charge on any atom is 0.121 e. The van der Waals surface area contributed by atoms with Crippen LogP contribution in [-0.2, 0) is 0 Å². The predicted octanol–water partition coefficient (Wildman–Crippen LogP) is 2.65. The standard InChI is InChI=1S/C11H16NO/c1-2-3-4-8-13-11-7-5-6-10(12)9-11/h5-7,9H,1-4,8,12H2. The quantitative estimate of drug-likeness (QED) is 0.555. The number of ether oxygens (including phenoxy) is 1. The van der Waals surface area contributed by atoms with Gasteiger partial charge >= 0.3 is 0 Å². The largest absolute Gasteiger partial charge is 0.494 e. The average molecular weight is 178 g/mol. The molecule has 0 bridgehead atoms. The molecule has 13 heavy (non-hydrogen) atoms. The molecule has 1 radical (unpaired) electrons. The minimum absolute atomic E-state index is 0.745. The molecule has 1 aromatic rings. The monoisotopic (exact) mass is 178 g/mol. The average Bonchev–Trinajstić information content (AvgIpc) is 2.13. The smallest absolute Gasteiger partial charge is 0.121 e. The Balaban J connectivity index is 2.28. The molecule has 0 saturated carbocycles. The molecule has 1 rings (SSSR count). The lowest BCUT2D eigenvalue weighted by Crippen LogP contribution is -1.97. The number of rotatable bonds is 5. The molecular weight excluding hydrogens is 162 g/mol. The second-order valence-corrected chi connectivity index (χ2v) is 2.98. The van der Waals surface area contributed by atoms with Gasteiger partial charge in [-0.2, -0.15) is 0 Å². The van der Waals surface area contributed by atoms with Gasteiger partial charge in [-0.3, -0.25) is 0 Å². The number of hydrogen-bond donors (Lipinski definition) is 1. The fourth-order valence-corrected chi connectivity index (χ4v) is 1.07. The third kappa shape index (κ3) is 3.83. The number of hydrogen-bond acceptors (Lipinski definition) is 2. The van der Waals surface area contributed by atoms with E-state index in [4.69, 9.17) is 10.5 Å². The first-order valence-electron chi connectivity index (χ1n) is 4.60. The van der Waals surface area contributed by atoms with Crippen molar-refractivity contribution in [1.29, 1.82) is 0 Å². The van der Waals surface area contributed by atoms with E-state index in [0.717, 1.165) is 37.3 Å². The van der Waals surface area contributed by atoms with E-state index in [-0.39, 0.29) is 0 Å². The van der Waals surface area contributed by atoms with Gasteiger partial charge in [-0.1, -0.05) is 25.8 Å². The van der Waals surface area contributed by atoms with Gasteiger partial charge < -0.3 is 10.5 Å². The topological polar surface area (TPSA) is 35.2 Å². The van der Waals surface area contributed by atoms with Crippen LogP contribution in [0.15, 0.2) is 24.3 Å². The van der Waals surface area contributed by atoms with Crippen LogP contribution in [0, 0.1) is 6.92 Å². The molecule has 2 nitrogen and oxygen atoms in total. The summed E-state index contributed by atoms with van der Waals surface area (Å²) in [4.78, 5) is 0. The highest BCUT2D eigenvalue weighted by molar-refractivity contribution is 5.43. The molecule has 0 heterocycles. The molecular formula is C11H16NO. The fraction of sp³-hybridized carbons (Fsp3) is 0.364. The van der Waals surface area contributed by atoms with Crippen LogP contribution in [0.4, 0.5) is 5.69 Å². The number of anilines is 1. The normalized spacial score (nSPS) is 9.92. The Bertz CT molecular complexity index is 248. The molecule has 0 aromatic heterocycles. The zero-order valence-electron chi connectivity index (χ0n) is 7.83. The molecule has 71 valence electrons. The molecule has 0 unspecified atom stereocenters. The molecule has 2 heteroatoms. The van der Waals surface area contributed by atoms with E-state index in [1.165, 1.54) is 0 Å². The van der Waals surface area contributed by atoms with Crippen LogP contribution < -0.4 is 10.5 Å². The Labute approximate surface area is 79.7 Å². The first kappa shape index (κ1) is 9.90.